The molecule has 0 rings (SSSR count). The van der Waals surface area contributed by atoms with Crippen molar-refractivity contribution in [3.8, 4) is 0 Å². The van der Waals surface area contributed by atoms with Gasteiger partial charge in [0.2, 0.25) is 0 Å². The number of likely N-dealkylation sites (N-methyl/N-ethyl adjacent to an activating group) is 1. The van der Waals surface area contributed by atoms with Gasteiger partial charge in [-0.3, -0.25) is 19.8 Å². The van der Waals surface area contributed by atoms with E-state index in [0.717, 1.165) is 4.90 Å². The molecule has 0 amide bonds. The normalized spacial score (nSPS) is 9.96. The van der Waals surface area contributed by atoms with Crippen LogP contribution in [0.2, 0.25) is 0 Å². The summed E-state index contributed by atoms with van der Waals surface area (Å²) in [6.45, 7) is -0.227. The third-order valence-electron chi connectivity index (χ3n) is 1.50. The molecule has 17 heteroatoms. The molecule has 0 bridgehead atoms. The molecule has 0 heterocycles. The van der Waals surface area contributed by atoms with Crippen LogP contribution in [0.1, 0.15) is 6.42 Å². The fourth-order valence-corrected chi connectivity index (χ4v) is 0.564. The number of phosphoric acid groups is 1. The Morgan fingerprint density at radius 2 is 1.48 bits per heavy atom. The summed E-state index contributed by atoms with van der Waals surface area (Å²) in [6, 6.07) is -1.29. The molecule has 0 aliphatic rings. The smallest absolute Gasteiger partial charge is 0.822 e. The molecule has 0 aliphatic carbocycles. The molecule has 0 aliphatic heterocycles. The van der Waals surface area contributed by atoms with E-state index in [0.29, 0.717) is 0 Å². The van der Waals surface area contributed by atoms with Gasteiger partial charge in [0.15, 0.2) is 5.96 Å². The number of hydrogen-bond acceptors (Lipinski definition) is 9. The molecule has 1 atom stereocenters. The summed E-state index contributed by atoms with van der Waals surface area (Å²) in [6.07, 6.45) is -0.532. The summed E-state index contributed by atoms with van der Waals surface area (Å²) in [7, 11) is -3.95. The summed E-state index contributed by atoms with van der Waals surface area (Å²) in [5.41, 5.74) is 9.77. The molecular formula is C8H16MgN4NaO10P. The van der Waals surface area contributed by atoms with Crippen molar-refractivity contribution in [2.24, 2.45) is 11.5 Å². The Bertz CT molecular complexity index is 436. The van der Waals surface area contributed by atoms with E-state index in [1.807, 2.05) is 0 Å². The molecule has 0 saturated carbocycles. The quantitative estimate of drug-likeness (QED) is 0.107. The summed E-state index contributed by atoms with van der Waals surface area (Å²) in [4.78, 5) is 56.3. The molecule has 0 aromatic rings. The Labute approximate surface area is 180 Å². The number of rotatable bonds is 5. The maximum Gasteiger partial charge on any atom is 2.00 e. The fraction of sp³-hybridized carbons (Fsp3) is 0.500. The molecule has 136 valence electrons. The van der Waals surface area contributed by atoms with Crippen molar-refractivity contribution in [2.75, 3.05) is 13.6 Å². The van der Waals surface area contributed by atoms with E-state index >= 15 is 0 Å². The molecule has 25 heavy (non-hydrogen) atoms. The zero-order valence-corrected chi connectivity index (χ0v) is 17.8. The number of carbonyl (C=O) groups is 3. The Kier molecular flexibility index (Phi) is 26.1. The maximum atomic E-state index is 9.92. The standard InChI is InChI=1S/C4H9N3O2.C4H7NO4.Mg.Na.H3O4P/c1-7(4(5)6)2-3(8)9;5-2(4(8)9)1-3(6)7;;;1-5(2,3)4/h2H2,1H3,(H3,5,6)(H,8,9);2H,1,5H2,(H,6,7)(H,8,9);;;(H3,1,2,3,4)/q;;+2;+1;/p-3. The second-order valence-corrected chi connectivity index (χ2v) is 4.52. The fourth-order valence-electron chi connectivity index (χ4n) is 0.564. The van der Waals surface area contributed by atoms with E-state index in [9.17, 15) is 14.4 Å². The molecule has 0 saturated heterocycles. The SMILES string of the molecule is CN(CC(=O)O)C(=N)N.NC(CC(=O)O)C(=O)O.O=P([O-])([O-])[O-].[Mg+2].[Na+]. The molecule has 0 spiro atoms. The molecular weight excluding hydrogens is 390 g/mol. The van der Waals surface area contributed by atoms with Gasteiger partial charge in [-0.15, -0.1) is 0 Å². The van der Waals surface area contributed by atoms with E-state index < -0.39 is 38.2 Å². The average molecular weight is 407 g/mol. The summed E-state index contributed by atoms with van der Waals surface area (Å²) in [5, 5.41) is 30.9. The van der Waals surface area contributed by atoms with Gasteiger partial charge in [-0.1, -0.05) is 0 Å². The van der Waals surface area contributed by atoms with E-state index in [1.54, 1.807) is 0 Å². The molecule has 0 radical (unpaired) electrons. The van der Waals surface area contributed by atoms with E-state index in [4.69, 9.17) is 51.4 Å². The Hall–Kier alpha value is -0.484. The molecule has 8 N–H and O–H groups in total. The number of nitrogens with one attached hydrogen (secondary N) is 1. The van der Waals surface area contributed by atoms with Crippen LogP contribution in [-0.4, -0.2) is 86.8 Å². The van der Waals surface area contributed by atoms with Gasteiger partial charge in [0.25, 0.3) is 0 Å². The second-order valence-electron chi connectivity index (χ2n) is 3.62. The monoisotopic (exact) mass is 406 g/mol. The first-order valence-corrected chi connectivity index (χ1v) is 6.74. The molecule has 0 aromatic heterocycles. The minimum absolute atomic E-state index is 0. The van der Waals surface area contributed by atoms with E-state index in [1.165, 1.54) is 7.05 Å². The van der Waals surface area contributed by atoms with Crippen LogP contribution in [0.5, 0.6) is 0 Å². The number of aliphatic carboxylic acids is 3. The van der Waals surface area contributed by atoms with Crippen LogP contribution >= 0.6 is 7.82 Å². The number of nitrogens with two attached hydrogens (primary N) is 2. The van der Waals surface area contributed by atoms with E-state index in [2.05, 4.69) is 0 Å². The van der Waals surface area contributed by atoms with Gasteiger partial charge in [-0.05, 0) is 0 Å². The van der Waals surface area contributed by atoms with Crippen LogP contribution < -0.4 is 55.7 Å². The zero-order valence-electron chi connectivity index (χ0n) is 13.4. The van der Waals surface area contributed by atoms with Crippen LogP contribution in [0.25, 0.3) is 0 Å². The molecule has 1 unspecified atom stereocenters. The maximum absolute atomic E-state index is 9.92. The predicted molar refractivity (Wildman–Crippen MR) is 73.4 cm³/mol. The van der Waals surface area contributed by atoms with Crippen LogP contribution in [0.4, 0.5) is 0 Å². The number of carboxylic acids is 3. The Morgan fingerprint density at radius 3 is 1.56 bits per heavy atom. The van der Waals surface area contributed by atoms with Crippen molar-refractivity contribution in [3.05, 3.63) is 0 Å². The number of hydrogen-bond donors (Lipinski definition) is 6. The Morgan fingerprint density at radius 1 is 1.16 bits per heavy atom. The van der Waals surface area contributed by atoms with Gasteiger partial charge in [-0.25, -0.2) is 0 Å². The van der Waals surface area contributed by atoms with Crippen LogP contribution in [0.3, 0.4) is 0 Å². The van der Waals surface area contributed by atoms with Gasteiger partial charge < -0.3 is 50.9 Å². The number of carboxylic acid groups (broad SMARTS) is 3. The molecule has 14 nitrogen and oxygen atoms in total. The minimum atomic E-state index is -5.39. The van der Waals surface area contributed by atoms with Crippen LogP contribution in [0, 0.1) is 5.41 Å². The first-order valence-electron chi connectivity index (χ1n) is 5.28. The van der Waals surface area contributed by atoms with Crippen molar-refractivity contribution in [1.29, 1.82) is 5.41 Å². The van der Waals surface area contributed by atoms with Gasteiger partial charge in [0.1, 0.15) is 12.6 Å². The minimum Gasteiger partial charge on any atom is -0.822 e. The third-order valence-corrected chi connectivity index (χ3v) is 1.50. The van der Waals surface area contributed by atoms with E-state index in [-0.39, 0.29) is 65.1 Å². The summed E-state index contributed by atoms with van der Waals surface area (Å²) in [5.74, 6) is -3.73. The average Bonchev–Trinajstić information content (AvgIpc) is 2.25. The van der Waals surface area contributed by atoms with Gasteiger partial charge in [0.05, 0.1) is 6.42 Å². The van der Waals surface area contributed by atoms with Crippen molar-refractivity contribution < 1.29 is 78.5 Å². The van der Waals surface area contributed by atoms with Crippen molar-refractivity contribution in [2.45, 2.75) is 12.5 Å². The van der Waals surface area contributed by atoms with Gasteiger partial charge in [0, 0.05) is 7.05 Å². The summed E-state index contributed by atoms with van der Waals surface area (Å²) >= 11 is 0. The zero-order chi connectivity index (χ0) is 19.4. The largest absolute Gasteiger partial charge is 2.00 e. The van der Waals surface area contributed by atoms with Crippen LogP contribution in [-0.2, 0) is 18.9 Å². The predicted octanol–water partition coefficient (Wildman–Crippen LogP) is -8.43. The van der Waals surface area contributed by atoms with Gasteiger partial charge >= 0.3 is 70.5 Å². The number of guanidine groups is 1. The first-order chi connectivity index (χ1) is 10.1. The topological polar surface area (TPSA) is 277 Å². The first kappa shape index (κ1) is 35.6. The van der Waals surface area contributed by atoms with Crippen molar-refractivity contribution in [1.82, 2.24) is 4.90 Å². The summed E-state index contributed by atoms with van der Waals surface area (Å²) < 4.78 is 8.55. The molecule has 0 aromatic carbocycles. The Balaban J connectivity index is -0.0000000800. The second kappa shape index (κ2) is 18.3. The van der Waals surface area contributed by atoms with Gasteiger partial charge in [-0.2, -0.15) is 7.82 Å². The van der Waals surface area contributed by atoms with Crippen molar-refractivity contribution >= 4 is 54.7 Å². The van der Waals surface area contributed by atoms with Crippen LogP contribution in [0.15, 0.2) is 0 Å². The van der Waals surface area contributed by atoms with Crippen molar-refractivity contribution in [3.63, 3.8) is 0 Å². The third kappa shape index (κ3) is 45.2. The molecule has 0 fully saturated rings. The number of nitrogens with zero attached hydrogens (tertiary/aromatic N) is 1.